The number of rotatable bonds is 8. The molecule has 0 unspecified atom stereocenters. The average Bonchev–Trinajstić information content (AvgIpc) is 2.44. The van der Waals surface area contributed by atoms with E-state index < -0.39 is 0 Å². The summed E-state index contributed by atoms with van der Waals surface area (Å²) in [5.41, 5.74) is 0.712. The van der Waals surface area contributed by atoms with Gasteiger partial charge in [-0.15, -0.1) is 12.4 Å². The largest absolute Gasteiger partial charge is 0.493 e. The van der Waals surface area contributed by atoms with E-state index in [0.717, 1.165) is 18.5 Å². The highest BCUT2D eigenvalue weighted by atomic mass is 35.5. The van der Waals surface area contributed by atoms with Crippen molar-refractivity contribution in [2.45, 2.75) is 46.2 Å². The zero-order valence-corrected chi connectivity index (χ0v) is 15.5. The van der Waals surface area contributed by atoms with Crippen LogP contribution in [0.3, 0.4) is 0 Å². The molecular weight excluding hydrogens is 316 g/mol. The first kappa shape index (κ1) is 21.5. The lowest BCUT2D eigenvalue weighted by molar-refractivity contribution is -0.124. The molecule has 5 nitrogen and oxygen atoms in total. The van der Waals surface area contributed by atoms with Crippen LogP contribution in [0.2, 0.25) is 0 Å². The van der Waals surface area contributed by atoms with E-state index in [0.29, 0.717) is 18.0 Å². The van der Waals surface area contributed by atoms with Gasteiger partial charge < -0.3 is 20.1 Å². The van der Waals surface area contributed by atoms with Crippen molar-refractivity contribution in [2.24, 2.45) is 0 Å². The highest BCUT2D eigenvalue weighted by molar-refractivity contribution is 5.85. The number of para-hydroxylation sites is 1. The van der Waals surface area contributed by atoms with E-state index in [4.69, 9.17) is 9.47 Å². The van der Waals surface area contributed by atoms with E-state index >= 15 is 0 Å². The molecule has 0 saturated carbocycles. The molecule has 6 heteroatoms. The number of methoxy groups -OCH3 is 1. The van der Waals surface area contributed by atoms with Crippen LogP contribution in [0.5, 0.6) is 11.5 Å². The minimum absolute atomic E-state index is 0. The third-order valence-corrected chi connectivity index (χ3v) is 2.88. The molecule has 0 aromatic heterocycles. The number of hydrogen-bond donors (Lipinski definition) is 2. The van der Waals surface area contributed by atoms with Gasteiger partial charge in [-0.2, -0.15) is 0 Å². The normalized spacial score (nSPS) is 10.7. The van der Waals surface area contributed by atoms with Crippen LogP contribution in [0.25, 0.3) is 0 Å². The Morgan fingerprint density at radius 2 is 1.96 bits per heavy atom. The smallest absolute Gasteiger partial charge is 0.258 e. The molecule has 1 amide bonds. The van der Waals surface area contributed by atoms with Gasteiger partial charge in [0.2, 0.25) is 0 Å². The van der Waals surface area contributed by atoms with Gasteiger partial charge in [0.15, 0.2) is 18.1 Å². The van der Waals surface area contributed by atoms with Gasteiger partial charge in [-0.3, -0.25) is 4.79 Å². The number of amides is 1. The highest BCUT2D eigenvalue weighted by Gasteiger charge is 2.16. The average molecular weight is 345 g/mol. The maximum absolute atomic E-state index is 11.9. The molecule has 0 fully saturated rings. The Hall–Kier alpha value is -1.46. The maximum Gasteiger partial charge on any atom is 0.258 e. The SMILES string of the molecule is CCCNCc1cccc(OC)c1OCC(=O)NC(C)(C)C.Cl. The van der Waals surface area contributed by atoms with Gasteiger partial charge in [0.05, 0.1) is 7.11 Å². The van der Waals surface area contributed by atoms with Crippen molar-refractivity contribution in [1.29, 1.82) is 0 Å². The number of nitrogens with one attached hydrogen (secondary N) is 2. The molecule has 0 bridgehead atoms. The highest BCUT2D eigenvalue weighted by Crippen LogP contribution is 2.31. The number of benzene rings is 1. The van der Waals surface area contributed by atoms with Crippen molar-refractivity contribution in [3.05, 3.63) is 23.8 Å². The summed E-state index contributed by atoms with van der Waals surface area (Å²) in [6.07, 6.45) is 1.06. The Morgan fingerprint density at radius 3 is 2.52 bits per heavy atom. The molecule has 0 saturated heterocycles. The number of halogens is 1. The molecule has 1 aromatic rings. The van der Waals surface area contributed by atoms with Crippen LogP contribution in [-0.4, -0.2) is 31.7 Å². The minimum atomic E-state index is -0.271. The van der Waals surface area contributed by atoms with Gasteiger partial charge in [0.1, 0.15) is 0 Å². The van der Waals surface area contributed by atoms with Crippen molar-refractivity contribution in [2.75, 3.05) is 20.3 Å². The van der Waals surface area contributed by atoms with Crippen molar-refractivity contribution in [3.8, 4) is 11.5 Å². The molecule has 0 atom stereocenters. The molecule has 132 valence electrons. The third-order valence-electron chi connectivity index (χ3n) is 2.88. The second-order valence-corrected chi connectivity index (χ2v) is 6.21. The van der Waals surface area contributed by atoms with Gasteiger partial charge >= 0.3 is 0 Å². The summed E-state index contributed by atoms with van der Waals surface area (Å²) in [5, 5.41) is 6.21. The topological polar surface area (TPSA) is 59.6 Å². The third kappa shape index (κ3) is 8.09. The lowest BCUT2D eigenvalue weighted by Crippen LogP contribution is -2.43. The molecule has 0 radical (unpaired) electrons. The second kappa shape index (κ2) is 10.3. The van der Waals surface area contributed by atoms with E-state index in [1.807, 2.05) is 39.0 Å². The fourth-order valence-corrected chi connectivity index (χ4v) is 2.02. The Bertz CT molecular complexity index is 487. The Labute approximate surface area is 145 Å². The molecule has 0 spiro atoms. The van der Waals surface area contributed by atoms with Crippen molar-refractivity contribution >= 4 is 18.3 Å². The van der Waals surface area contributed by atoms with Gasteiger partial charge in [-0.25, -0.2) is 0 Å². The van der Waals surface area contributed by atoms with Gasteiger partial charge in [-0.05, 0) is 39.8 Å². The zero-order chi connectivity index (χ0) is 16.6. The summed E-state index contributed by atoms with van der Waals surface area (Å²) < 4.78 is 11.1. The van der Waals surface area contributed by atoms with Crippen LogP contribution in [-0.2, 0) is 11.3 Å². The molecule has 1 rings (SSSR count). The maximum atomic E-state index is 11.9. The van der Waals surface area contributed by atoms with Crippen molar-refractivity contribution in [1.82, 2.24) is 10.6 Å². The van der Waals surface area contributed by atoms with Crippen LogP contribution in [0, 0.1) is 0 Å². The summed E-state index contributed by atoms with van der Waals surface area (Å²) in [5.74, 6) is 1.11. The molecule has 23 heavy (non-hydrogen) atoms. The van der Waals surface area contributed by atoms with Crippen molar-refractivity contribution < 1.29 is 14.3 Å². The first-order valence-electron chi connectivity index (χ1n) is 7.67. The Kier molecular flexibility index (Phi) is 9.68. The fourth-order valence-electron chi connectivity index (χ4n) is 2.02. The number of carbonyl (C=O) groups excluding carboxylic acids is 1. The standard InChI is InChI=1S/C17H28N2O3.ClH/c1-6-10-18-11-13-8-7-9-14(21-5)16(13)22-12-15(20)19-17(2,3)4;/h7-9,18H,6,10-12H2,1-5H3,(H,19,20);1H. The number of carbonyl (C=O) groups is 1. The lowest BCUT2D eigenvalue weighted by Gasteiger charge is -2.21. The summed E-state index contributed by atoms with van der Waals surface area (Å²) in [7, 11) is 1.60. The molecule has 0 aliphatic carbocycles. The lowest BCUT2D eigenvalue weighted by atomic mass is 10.1. The summed E-state index contributed by atoms with van der Waals surface area (Å²) in [6, 6.07) is 5.73. The first-order valence-corrected chi connectivity index (χ1v) is 7.67. The quantitative estimate of drug-likeness (QED) is 0.712. The molecule has 0 aliphatic rings. The van der Waals surface area contributed by atoms with Gasteiger partial charge in [-0.1, -0.05) is 19.1 Å². The number of ether oxygens (including phenoxy) is 2. The summed E-state index contributed by atoms with van der Waals surface area (Å²) in [6.45, 7) is 9.52. The monoisotopic (exact) mass is 344 g/mol. The first-order chi connectivity index (χ1) is 10.4. The second-order valence-electron chi connectivity index (χ2n) is 6.21. The fraction of sp³-hybridized carbons (Fsp3) is 0.588. The van der Waals surface area contributed by atoms with E-state index in [-0.39, 0.29) is 30.5 Å². The van der Waals surface area contributed by atoms with Crippen LogP contribution in [0.1, 0.15) is 39.7 Å². The summed E-state index contributed by atoms with van der Waals surface area (Å²) >= 11 is 0. The minimum Gasteiger partial charge on any atom is -0.493 e. The van der Waals surface area contributed by atoms with E-state index in [1.165, 1.54) is 0 Å². The van der Waals surface area contributed by atoms with Crippen LogP contribution in [0.4, 0.5) is 0 Å². The molecular formula is C17H29ClN2O3. The Morgan fingerprint density at radius 1 is 1.26 bits per heavy atom. The van der Waals surface area contributed by atoms with E-state index in [1.54, 1.807) is 7.11 Å². The Balaban J connectivity index is 0.00000484. The zero-order valence-electron chi connectivity index (χ0n) is 14.7. The summed E-state index contributed by atoms with van der Waals surface area (Å²) in [4.78, 5) is 11.9. The van der Waals surface area contributed by atoms with Crippen LogP contribution in [0.15, 0.2) is 18.2 Å². The number of hydrogen-bond acceptors (Lipinski definition) is 4. The van der Waals surface area contributed by atoms with Crippen LogP contribution < -0.4 is 20.1 Å². The van der Waals surface area contributed by atoms with Gasteiger partial charge in [0.25, 0.3) is 5.91 Å². The van der Waals surface area contributed by atoms with E-state index in [2.05, 4.69) is 17.6 Å². The van der Waals surface area contributed by atoms with Crippen molar-refractivity contribution in [3.63, 3.8) is 0 Å². The molecule has 0 aliphatic heterocycles. The van der Waals surface area contributed by atoms with E-state index in [9.17, 15) is 4.79 Å². The predicted molar refractivity (Wildman–Crippen MR) is 95.6 cm³/mol. The van der Waals surface area contributed by atoms with Gasteiger partial charge in [0, 0.05) is 17.6 Å². The molecule has 1 aromatic carbocycles. The predicted octanol–water partition coefficient (Wildman–Crippen LogP) is 2.91. The molecule has 2 N–H and O–H groups in total. The molecule has 0 heterocycles. The van der Waals surface area contributed by atoms with Crippen LogP contribution >= 0.6 is 12.4 Å².